The lowest BCUT2D eigenvalue weighted by Gasteiger charge is -2.19. The van der Waals surface area contributed by atoms with Gasteiger partial charge in [-0.15, -0.1) is 0 Å². The van der Waals surface area contributed by atoms with Crippen molar-refractivity contribution in [3.8, 4) is 5.69 Å². The molecule has 112 valence electrons. The van der Waals surface area contributed by atoms with Gasteiger partial charge in [0, 0.05) is 28.8 Å². The Morgan fingerprint density at radius 3 is 2.71 bits per heavy atom. The molecule has 0 saturated carbocycles. The summed E-state index contributed by atoms with van der Waals surface area (Å²) in [5.41, 5.74) is 1.29. The number of benzene rings is 1. The first-order valence-corrected chi connectivity index (χ1v) is 7.29. The molecule has 1 aromatic heterocycles. The second-order valence-electron chi connectivity index (χ2n) is 5.75. The fourth-order valence-corrected chi connectivity index (χ4v) is 2.13. The zero-order valence-electron chi connectivity index (χ0n) is 12.1. The van der Waals surface area contributed by atoms with Crippen LogP contribution in [0.3, 0.4) is 0 Å². The molecule has 0 fully saturated rings. The van der Waals surface area contributed by atoms with E-state index in [1.54, 1.807) is 18.3 Å². The van der Waals surface area contributed by atoms with Crippen LogP contribution >= 0.6 is 15.9 Å². The molecule has 21 heavy (non-hydrogen) atoms. The van der Waals surface area contributed by atoms with Crippen LogP contribution in [0.2, 0.25) is 0 Å². The first-order chi connectivity index (χ1) is 9.76. The largest absolute Gasteiger partial charge is 0.306 e. The molecular formula is C14H17BrN4O2. The number of nitro benzene ring substituents is 1. The lowest BCUT2D eigenvalue weighted by atomic mass is 10.1. The highest BCUT2D eigenvalue weighted by Crippen LogP contribution is 2.26. The van der Waals surface area contributed by atoms with Crippen LogP contribution in [-0.2, 0) is 6.54 Å². The third kappa shape index (κ3) is 4.12. The van der Waals surface area contributed by atoms with Gasteiger partial charge in [-0.25, -0.2) is 4.68 Å². The Morgan fingerprint density at radius 2 is 2.10 bits per heavy atom. The van der Waals surface area contributed by atoms with Gasteiger partial charge >= 0.3 is 0 Å². The Hall–Kier alpha value is -1.73. The molecule has 1 heterocycles. The highest BCUT2D eigenvalue weighted by molar-refractivity contribution is 9.10. The van der Waals surface area contributed by atoms with Gasteiger partial charge in [0.2, 0.25) is 0 Å². The number of nitrogens with one attached hydrogen (secondary N) is 1. The Bertz CT molecular complexity index is 661. The third-order valence-electron chi connectivity index (χ3n) is 2.83. The highest BCUT2D eigenvalue weighted by atomic mass is 79.9. The standard InChI is InChI=1S/C14H17BrN4O2/c1-14(2,3)16-9-11-6-7-18(17-11)12-5-4-10(15)8-13(12)19(20)21/h4-8,16H,9H2,1-3H3. The SMILES string of the molecule is CC(C)(C)NCc1ccn(-c2ccc(Br)cc2[N+](=O)[O-])n1. The summed E-state index contributed by atoms with van der Waals surface area (Å²) in [6, 6.07) is 6.77. The second-order valence-corrected chi connectivity index (χ2v) is 6.66. The van der Waals surface area contributed by atoms with Crippen LogP contribution in [-0.4, -0.2) is 20.2 Å². The van der Waals surface area contributed by atoms with Crippen molar-refractivity contribution in [3.05, 3.63) is 50.7 Å². The normalized spacial score (nSPS) is 11.6. The summed E-state index contributed by atoms with van der Waals surface area (Å²) in [5, 5.41) is 18.9. The molecule has 0 spiro atoms. The average molecular weight is 353 g/mol. The summed E-state index contributed by atoms with van der Waals surface area (Å²) in [4.78, 5) is 10.7. The van der Waals surface area contributed by atoms with Crippen LogP contribution in [0.15, 0.2) is 34.9 Å². The topological polar surface area (TPSA) is 73.0 Å². The minimum atomic E-state index is -0.408. The predicted molar refractivity (Wildman–Crippen MR) is 84.5 cm³/mol. The molecule has 0 atom stereocenters. The molecule has 2 aromatic rings. The molecule has 7 heteroatoms. The second kappa shape index (κ2) is 5.95. The van der Waals surface area contributed by atoms with Gasteiger partial charge in [-0.1, -0.05) is 15.9 Å². The van der Waals surface area contributed by atoms with Gasteiger partial charge in [-0.3, -0.25) is 10.1 Å². The van der Waals surface area contributed by atoms with Crippen LogP contribution in [0.5, 0.6) is 0 Å². The summed E-state index contributed by atoms with van der Waals surface area (Å²) in [6.45, 7) is 6.83. The van der Waals surface area contributed by atoms with E-state index in [-0.39, 0.29) is 11.2 Å². The van der Waals surface area contributed by atoms with Gasteiger partial charge in [-0.05, 0) is 39.0 Å². The van der Waals surface area contributed by atoms with E-state index in [9.17, 15) is 10.1 Å². The van der Waals surface area contributed by atoms with Crippen molar-refractivity contribution in [2.75, 3.05) is 0 Å². The zero-order chi connectivity index (χ0) is 15.6. The number of hydrogen-bond donors (Lipinski definition) is 1. The smallest absolute Gasteiger partial charge is 0.295 e. The van der Waals surface area contributed by atoms with Crippen molar-refractivity contribution in [1.82, 2.24) is 15.1 Å². The van der Waals surface area contributed by atoms with Crippen LogP contribution in [0.1, 0.15) is 26.5 Å². The maximum Gasteiger partial charge on any atom is 0.295 e. The summed E-state index contributed by atoms with van der Waals surface area (Å²) in [6.07, 6.45) is 1.73. The van der Waals surface area contributed by atoms with Gasteiger partial charge in [0.1, 0.15) is 5.69 Å². The van der Waals surface area contributed by atoms with E-state index >= 15 is 0 Å². The van der Waals surface area contributed by atoms with Crippen LogP contribution in [0.25, 0.3) is 5.69 Å². The summed E-state index contributed by atoms with van der Waals surface area (Å²) in [7, 11) is 0. The summed E-state index contributed by atoms with van der Waals surface area (Å²) >= 11 is 3.24. The third-order valence-corrected chi connectivity index (χ3v) is 3.32. The van der Waals surface area contributed by atoms with Crippen LogP contribution in [0.4, 0.5) is 5.69 Å². The lowest BCUT2D eigenvalue weighted by molar-refractivity contribution is -0.384. The minimum absolute atomic E-state index is 0.00656. The molecule has 0 saturated heterocycles. The van der Waals surface area contributed by atoms with E-state index in [1.807, 2.05) is 6.07 Å². The van der Waals surface area contributed by atoms with Crippen molar-refractivity contribution < 1.29 is 4.92 Å². The first-order valence-electron chi connectivity index (χ1n) is 6.50. The van der Waals surface area contributed by atoms with Crippen LogP contribution < -0.4 is 5.32 Å². The minimum Gasteiger partial charge on any atom is -0.306 e. The van der Waals surface area contributed by atoms with E-state index in [0.29, 0.717) is 16.7 Å². The summed E-state index contributed by atoms with van der Waals surface area (Å²) < 4.78 is 2.20. The van der Waals surface area contributed by atoms with E-state index < -0.39 is 4.92 Å². The molecule has 1 aromatic carbocycles. The van der Waals surface area contributed by atoms with E-state index in [4.69, 9.17) is 0 Å². The van der Waals surface area contributed by atoms with Crippen molar-refractivity contribution in [2.45, 2.75) is 32.9 Å². The molecular weight excluding hydrogens is 336 g/mol. The molecule has 0 aliphatic rings. The maximum absolute atomic E-state index is 11.1. The first kappa shape index (κ1) is 15.7. The zero-order valence-corrected chi connectivity index (χ0v) is 13.7. The number of aromatic nitrogens is 2. The van der Waals surface area contributed by atoms with Crippen molar-refractivity contribution in [2.24, 2.45) is 0 Å². The predicted octanol–water partition coefficient (Wildman–Crippen LogP) is 3.43. The molecule has 0 bridgehead atoms. The number of nitrogens with zero attached hydrogens (tertiary/aromatic N) is 3. The molecule has 1 N–H and O–H groups in total. The van der Waals surface area contributed by atoms with Crippen LogP contribution in [0, 0.1) is 10.1 Å². The molecule has 0 aliphatic carbocycles. The number of nitro groups is 1. The molecule has 0 unspecified atom stereocenters. The Balaban J connectivity index is 2.28. The maximum atomic E-state index is 11.1. The fourth-order valence-electron chi connectivity index (χ4n) is 1.78. The quantitative estimate of drug-likeness (QED) is 0.675. The van der Waals surface area contributed by atoms with Gasteiger partial charge in [0.05, 0.1) is 10.6 Å². The monoisotopic (exact) mass is 352 g/mol. The van der Waals surface area contributed by atoms with Gasteiger partial charge in [0.25, 0.3) is 5.69 Å². The molecule has 0 radical (unpaired) electrons. The Morgan fingerprint density at radius 1 is 1.38 bits per heavy atom. The fraction of sp³-hybridized carbons (Fsp3) is 0.357. The number of rotatable bonds is 4. The summed E-state index contributed by atoms with van der Waals surface area (Å²) in [5.74, 6) is 0. The number of hydrogen-bond acceptors (Lipinski definition) is 4. The molecule has 6 nitrogen and oxygen atoms in total. The average Bonchev–Trinajstić information content (AvgIpc) is 2.84. The molecule has 0 amide bonds. The Labute approximate surface area is 131 Å². The van der Waals surface area contributed by atoms with Crippen molar-refractivity contribution >= 4 is 21.6 Å². The molecule has 2 rings (SSSR count). The number of halogens is 1. The van der Waals surface area contributed by atoms with Gasteiger partial charge < -0.3 is 5.32 Å². The van der Waals surface area contributed by atoms with Gasteiger partial charge in [-0.2, -0.15) is 5.10 Å². The molecule has 0 aliphatic heterocycles. The Kier molecular flexibility index (Phi) is 4.43. The van der Waals surface area contributed by atoms with E-state index in [0.717, 1.165) is 5.69 Å². The van der Waals surface area contributed by atoms with E-state index in [1.165, 1.54) is 10.7 Å². The van der Waals surface area contributed by atoms with Crippen molar-refractivity contribution in [3.63, 3.8) is 0 Å². The van der Waals surface area contributed by atoms with E-state index in [2.05, 4.69) is 47.1 Å². The van der Waals surface area contributed by atoms with Crippen molar-refractivity contribution in [1.29, 1.82) is 0 Å². The lowest BCUT2D eigenvalue weighted by Crippen LogP contribution is -2.35. The van der Waals surface area contributed by atoms with Gasteiger partial charge in [0.15, 0.2) is 0 Å². The highest BCUT2D eigenvalue weighted by Gasteiger charge is 2.17.